The SMILES string of the molecule is CC(=O)N(CC(=O)N1CCCC(C)C1)c1c(Cl)cccc1Cl. The molecule has 22 heavy (non-hydrogen) atoms. The third-order valence-electron chi connectivity index (χ3n) is 3.89. The maximum Gasteiger partial charge on any atom is 0.242 e. The van der Waals surface area contributed by atoms with Crippen LogP contribution in [0.3, 0.4) is 0 Å². The van der Waals surface area contributed by atoms with E-state index in [-0.39, 0.29) is 18.4 Å². The van der Waals surface area contributed by atoms with E-state index in [4.69, 9.17) is 23.2 Å². The Morgan fingerprint density at radius 2 is 1.95 bits per heavy atom. The summed E-state index contributed by atoms with van der Waals surface area (Å²) in [6, 6.07) is 5.03. The van der Waals surface area contributed by atoms with Gasteiger partial charge in [-0.15, -0.1) is 0 Å². The van der Waals surface area contributed by atoms with E-state index in [0.717, 1.165) is 25.9 Å². The molecule has 0 radical (unpaired) electrons. The zero-order valence-electron chi connectivity index (χ0n) is 12.8. The summed E-state index contributed by atoms with van der Waals surface area (Å²) in [7, 11) is 0. The highest BCUT2D eigenvalue weighted by Gasteiger charge is 2.26. The van der Waals surface area contributed by atoms with Gasteiger partial charge in [-0.05, 0) is 30.9 Å². The molecule has 0 N–H and O–H groups in total. The molecule has 0 bridgehead atoms. The van der Waals surface area contributed by atoms with Crippen molar-refractivity contribution in [2.75, 3.05) is 24.5 Å². The highest BCUT2D eigenvalue weighted by molar-refractivity contribution is 6.40. The summed E-state index contributed by atoms with van der Waals surface area (Å²) in [6.07, 6.45) is 2.14. The molecule has 4 nitrogen and oxygen atoms in total. The number of piperidine rings is 1. The topological polar surface area (TPSA) is 40.6 Å². The quantitative estimate of drug-likeness (QED) is 0.841. The maximum absolute atomic E-state index is 12.5. The van der Waals surface area contributed by atoms with Crippen LogP contribution in [0.25, 0.3) is 0 Å². The number of carbonyl (C=O) groups excluding carboxylic acids is 2. The van der Waals surface area contributed by atoms with Gasteiger partial charge >= 0.3 is 0 Å². The van der Waals surface area contributed by atoms with Gasteiger partial charge in [-0.3, -0.25) is 9.59 Å². The molecule has 120 valence electrons. The first-order valence-electron chi connectivity index (χ1n) is 7.40. The minimum absolute atomic E-state index is 0.0362. The molecule has 1 heterocycles. The number of hydrogen-bond acceptors (Lipinski definition) is 2. The summed E-state index contributed by atoms with van der Waals surface area (Å²) in [5.41, 5.74) is 0.400. The molecule has 0 aliphatic carbocycles. The van der Waals surface area contributed by atoms with Gasteiger partial charge in [-0.2, -0.15) is 0 Å². The highest BCUT2D eigenvalue weighted by Crippen LogP contribution is 2.33. The van der Waals surface area contributed by atoms with Crippen molar-refractivity contribution in [1.82, 2.24) is 4.90 Å². The molecular formula is C16H20Cl2N2O2. The van der Waals surface area contributed by atoms with Crippen LogP contribution in [-0.4, -0.2) is 36.3 Å². The van der Waals surface area contributed by atoms with Gasteiger partial charge in [0.25, 0.3) is 0 Å². The van der Waals surface area contributed by atoms with Crippen molar-refractivity contribution in [3.8, 4) is 0 Å². The molecule has 0 aromatic heterocycles. The van der Waals surface area contributed by atoms with E-state index in [0.29, 0.717) is 21.7 Å². The zero-order valence-corrected chi connectivity index (χ0v) is 14.3. The average molecular weight is 343 g/mol. The van der Waals surface area contributed by atoms with Crippen molar-refractivity contribution in [3.05, 3.63) is 28.2 Å². The van der Waals surface area contributed by atoms with Crippen molar-refractivity contribution in [1.29, 1.82) is 0 Å². The number of carbonyl (C=O) groups is 2. The molecule has 1 fully saturated rings. The van der Waals surface area contributed by atoms with Crippen LogP contribution < -0.4 is 4.90 Å². The summed E-state index contributed by atoms with van der Waals surface area (Å²) < 4.78 is 0. The van der Waals surface area contributed by atoms with E-state index in [9.17, 15) is 9.59 Å². The standard InChI is InChI=1S/C16H20Cl2N2O2/c1-11-5-4-8-19(9-11)15(22)10-20(12(2)21)16-13(17)6-3-7-14(16)18/h3,6-7,11H,4-5,8-10H2,1-2H3. The number of amides is 2. The van der Waals surface area contributed by atoms with Gasteiger partial charge in [-0.25, -0.2) is 0 Å². The lowest BCUT2D eigenvalue weighted by Gasteiger charge is -2.33. The van der Waals surface area contributed by atoms with Crippen molar-refractivity contribution in [2.24, 2.45) is 5.92 Å². The molecule has 6 heteroatoms. The summed E-state index contributed by atoms with van der Waals surface area (Å²) >= 11 is 12.3. The number of para-hydroxylation sites is 1. The van der Waals surface area contributed by atoms with Crippen molar-refractivity contribution >= 4 is 40.7 Å². The summed E-state index contributed by atoms with van der Waals surface area (Å²) in [5.74, 6) is 0.165. The van der Waals surface area contributed by atoms with Crippen LogP contribution in [0.4, 0.5) is 5.69 Å². The van der Waals surface area contributed by atoms with E-state index in [1.165, 1.54) is 11.8 Å². The Labute approximate surface area is 141 Å². The van der Waals surface area contributed by atoms with E-state index in [2.05, 4.69) is 6.92 Å². The van der Waals surface area contributed by atoms with Gasteiger partial charge < -0.3 is 9.80 Å². The van der Waals surface area contributed by atoms with Gasteiger partial charge in [0.2, 0.25) is 11.8 Å². The summed E-state index contributed by atoms with van der Waals surface area (Å²) in [4.78, 5) is 27.6. The normalized spacial score (nSPS) is 18.2. The fourth-order valence-corrected chi connectivity index (χ4v) is 3.35. The molecule has 2 amide bonds. The molecule has 1 saturated heterocycles. The van der Waals surface area contributed by atoms with Crippen molar-refractivity contribution < 1.29 is 9.59 Å². The number of nitrogens with zero attached hydrogens (tertiary/aromatic N) is 2. The Morgan fingerprint density at radius 3 is 2.50 bits per heavy atom. The predicted octanol–water partition coefficient (Wildman–Crippen LogP) is 3.60. The summed E-state index contributed by atoms with van der Waals surface area (Å²) in [6.45, 7) is 4.98. The van der Waals surface area contributed by atoms with Crippen LogP contribution in [0.1, 0.15) is 26.7 Å². The first-order chi connectivity index (χ1) is 10.4. The van der Waals surface area contributed by atoms with E-state index in [1.54, 1.807) is 18.2 Å². The van der Waals surface area contributed by atoms with Crippen molar-refractivity contribution in [3.63, 3.8) is 0 Å². The second kappa shape index (κ2) is 7.34. The highest BCUT2D eigenvalue weighted by atomic mass is 35.5. The zero-order chi connectivity index (χ0) is 16.3. The average Bonchev–Trinajstić information content (AvgIpc) is 2.45. The van der Waals surface area contributed by atoms with E-state index < -0.39 is 0 Å². The Hall–Kier alpha value is -1.26. The monoisotopic (exact) mass is 342 g/mol. The largest absolute Gasteiger partial charge is 0.341 e. The number of benzene rings is 1. The lowest BCUT2D eigenvalue weighted by atomic mass is 10.0. The molecule has 0 spiro atoms. The van der Waals surface area contributed by atoms with Crippen LogP contribution in [0.2, 0.25) is 10.0 Å². The molecule has 1 aliphatic heterocycles. The second-order valence-electron chi connectivity index (χ2n) is 5.76. The van der Waals surface area contributed by atoms with Gasteiger partial charge in [0.15, 0.2) is 0 Å². The van der Waals surface area contributed by atoms with Crippen LogP contribution in [0.5, 0.6) is 0 Å². The lowest BCUT2D eigenvalue weighted by Crippen LogP contribution is -2.46. The third kappa shape index (κ3) is 3.93. The first-order valence-corrected chi connectivity index (χ1v) is 8.15. The lowest BCUT2D eigenvalue weighted by molar-refractivity contribution is -0.132. The minimum atomic E-state index is -0.256. The fraction of sp³-hybridized carbons (Fsp3) is 0.500. The Bertz CT molecular complexity index is 557. The number of rotatable bonds is 3. The van der Waals surface area contributed by atoms with Crippen LogP contribution in [0, 0.1) is 5.92 Å². The third-order valence-corrected chi connectivity index (χ3v) is 4.50. The molecular weight excluding hydrogens is 323 g/mol. The van der Waals surface area contributed by atoms with Gasteiger partial charge in [-0.1, -0.05) is 36.2 Å². The summed E-state index contributed by atoms with van der Waals surface area (Å²) in [5, 5.41) is 0.727. The minimum Gasteiger partial charge on any atom is -0.341 e. The fourth-order valence-electron chi connectivity index (χ4n) is 2.75. The van der Waals surface area contributed by atoms with Crippen LogP contribution >= 0.6 is 23.2 Å². The molecule has 1 unspecified atom stereocenters. The Balaban J connectivity index is 2.19. The Kier molecular flexibility index (Phi) is 5.70. The smallest absolute Gasteiger partial charge is 0.242 e. The first kappa shape index (κ1) is 17.1. The van der Waals surface area contributed by atoms with Gasteiger partial charge in [0.05, 0.1) is 15.7 Å². The Morgan fingerprint density at radius 1 is 1.32 bits per heavy atom. The number of halogens is 2. The molecule has 2 rings (SSSR count). The van der Waals surface area contributed by atoms with E-state index in [1.807, 2.05) is 4.90 Å². The molecule has 1 atom stereocenters. The van der Waals surface area contributed by atoms with Gasteiger partial charge in [0.1, 0.15) is 6.54 Å². The molecule has 1 aromatic carbocycles. The van der Waals surface area contributed by atoms with Gasteiger partial charge in [0, 0.05) is 20.0 Å². The predicted molar refractivity (Wildman–Crippen MR) is 89.5 cm³/mol. The maximum atomic E-state index is 12.5. The molecule has 1 aromatic rings. The van der Waals surface area contributed by atoms with Crippen molar-refractivity contribution in [2.45, 2.75) is 26.7 Å². The molecule has 0 saturated carbocycles. The van der Waals surface area contributed by atoms with Crippen LogP contribution in [-0.2, 0) is 9.59 Å². The van der Waals surface area contributed by atoms with Crippen LogP contribution in [0.15, 0.2) is 18.2 Å². The number of anilines is 1. The number of likely N-dealkylation sites (tertiary alicyclic amines) is 1. The van der Waals surface area contributed by atoms with E-state index >= 15 is 0 Å². The second-order valence-corrected chi connectivity index (χ2v) is 6.58. The molecule has 1 aliphatic rings. The number of hydrogen-bond donors (Lipinski definition) is 0.